The normalized spacial score (nSPS) is 19.9. The van der Waals surface area contributed by atoms with Crippen LogP contribution in [0.15, 0.2) is 0 Å². The number of methoxy groups -OCH3 is 1. The number of carbonyl (C=O) groups is 2. The van der Waals surface area contributed by atoms with Gasteiger partial charge >= 0.3 is 5.97 Å². The minimum Gasteiger partial charge on any atom is -0.467 e. The first-order valence-corrected chi connectivity index (χ1v) is 6.67. The van der Waals surface area contributed by atoms with Crippen LogP contribution in [0.1, 0.15) is 51.9 Å². The molecule has 1 saturated carbocycles. The van der Waals surface area contributed by atoms with Gasteiger partial charge in [0, 0.05) is 12.0 Å². The molecule has 1 aliphatic carbocycles. The molecule has 0 aromatic carbocycles. The number of amides is 1. The number of hydrogen-bond acceptors (Lipinski definition) is 4. The third-order valence-electron chi connectivity index (χ3n) is 3.59. The number of nitrogens with two attached hydrogens (primary N) is 1. The summed E-state index contributed by atoms with van der Waals surface area (Å²) in [6.07, 6.45) is 5.94. The quantitative estimate of drug-likeness (QED) is 0.722. The molecule has 5 heteroatoms. The van der Waals surface area contributed by atoms with Crippen molar-refractivity contribution in [3.05, 3.63) is 0 Å². The average Bonchev–Trinajstić information content (AvgIpc) is 2.35. The zero-order valence-corrected chi connectivity index (χ0v) is 11.3. The molecule has 0 heterocycles. The van der Waals surface area contributed by atoms with Crippen molar-refractivity contribution in [3.63, 3.8) is 0 Å². The Bertz CT molecular complexity index is 299. The maximum absolute atomic E-state index is 11.9. The molecule has 18 heavy (non-hydrogen) atoms. The van der Waals surface area contributed by atoms with Crippen molar-refractivity contribution in [2.24, 2.45) is 5.73 Å². The van der Waals surface area contributed by atoms with E-state index in [0.717, 1.165) is 25.7 Å². The molecule has 0 saturated heterocycles. The fraction of sp³-hybridized carbons (Fsp3) is 0.846. The number of ether oxygens (including phenoxy) is 1. The van der Waals surface area contributed by atoms with Gasteiger partial charge in [0.25, 0.3) is 0 Å². The minimum absolute atomic E-state index is 0.156. The molecule has 0 aromatic rings. The summed E-state index contributed by atoms with van der Waals surface area (Å²) in [5, 5.41) is 2.70. The minimum atomic E-state index is -0.560. The van der Waals surface area contributed by atoms with E-state index in [2.05, 4.69) is 10.1 Å². The van der Waals surface area contributed by atoms with Crippen molar-refractivity contribution in [2.75, 3.05) is 7.11 Å². The molecule has 3 N–H and O–H groups in total. The highest BCUT2D eigenvalue weighted by Gasteiger charge is 2.31. The van der Waals surface area contributed by atoms with E-state index in [1.807, 2.05) is 6.92 Å². The average molecular weight is 256 g/mol. The Morgan fingerprint density at radius 2 is 1.94 bits per heavy atom. The molecule has 104 valence electrons. The number of esters is 1. The van der Waals surface area contributed by atoms with Crippen LogP contribution in [0.3, 0.4) is 0 Å². The van der Waals surface area contributed by atoms with Gasteiger partial charge in [0.1, 0.15) is 6.04 Å². The molecule has 1 fully saturated rings. The largest absolute Gasteiger partial charge is 0.467 e. The monoisotopic (exact) mass is 256 g/mol. The molecular formula is C13H24N2O3. The number of rotatable bonds is 5. The van der Waals surface area contributed by atoms with Gasteiger partial charge < -0.3 is 15.8 Å². The number of nitrogens with one attached hydrogen (secondary N) is 1. The van der Waals surface area contributed by atoms with Gasteiger partial charge in [-0.2, -0.15) is 0 Å². The maximum Gasteiger partial charge on any atom is 0.328 e. The Labute approximate surface area is 108 Å². The lowest BCUT2D eigenvalue weighted by Crippen LogP contribution is -2.49. The van der Waals surface area contributed by atoms with Crippen LogP contribution >= 0.6 is 0 Å². The van der Waals surface area contributed by atoms with Gasteiger partial charge in [-0.3, -0.25) is 4.79 Å². The van der Waals surface area contributed by atoms with Gasteiger partial charge in [0.2, 0.25) is 5.91 Å². The van der Waals surface area contributed by atoms with E-state index in [1.165, 1.54) is 13.5 Å². The zero-order chi connectivity index (χ0) is 13.6. The molecule has 0 bridgehead atoms. The van der Waals surface area contributed by atoms with Gasteiger partial charge in [-0.1, -0.05) is 26.2 Å². The Morgan fingerprint density at radius 1 is 1.33 bits per heavy atom. The van der Waals surface area contributed by atoms with Crippen LogP contribution in [-0.2, 0) is 14.3 Å². The SMILES string of the molecule is CCC(NC(=O)CC1(N)CCCCC1)C(=O)OC. The van der Waals surface area contributed by atoms with Crippen LogP contribution in [0.25, 0.3) is 0 Å². The van der Waals surface area contributed by atoms with Crippen LogP contribution in [0.5, 0.6) is 0 Å². The number of carbonyl (C=O) groups excluding carboxylic acids is 2. The second-order valence-corrected chi connectivity index (χ2v) is 5.15. The van der Waals surface area contributed by atoms with Crippen LogP contribution < -0.4 is 11.1 Å². The van der Waals surface area contributed by atoms with Crippen molar-refractivity contribution in [1.82, 2.24) is 5.32 Å². The van der Waals surface area contributed by atoms with Gasteiger partial charge in [0.15, 0.2) is 0 Å². The van der Waals surface area contributed by atoms with Gasteiger partial charge in [-0.05, 0) is 19.3 Å². The third-order valence-corrected chi connectivity index (χ3v) is 3.59. The van der Waals surface area contributed by atoms with E-state index < -0.39 is 17.6 Å². The van der Waals surface area contributed by atoms with Crippen molar-refractivity contribution < 1.29 is 14.3 Å². The van der Waals surface area contributed by atoms with E-state index in [-0.39, 0.29) is 5.91 Å². The molecule has 0 spiro atoms. The highest BCUT2D eigenvalue weighted by atomic mass is 16.5. The summed E-state index contributed by atoms with van der Waals surface area (Å²) in [6.45, 7) is 1.83. The van der Waals surface area contributed by atoms with E-state index in [1.54, 1.807) is 0 Å². The summed E-state index contributed by atoms with van der Waals surface area (Å²) in [5.74, 6) is -0.558. The predicted octanol–water partition coefficient (Wildman–Crippen LogP) is 1.11. The standard InChI is InChI=1S/C13H24N2O3/c1-3-10(12(17)18-2)15-11(16)9-13(14)7-5-4-6-8-13/h10H,3-9,14H2,1-2H3,(H,15,16). The third kappa shape index (κ3) is 4.29. The molecule has 0 radical (unpaired) electrons. The summed E-state index contributed by atoms with van der Waals surface area (Å²) in [6, 6.07) is -0.560. The summed E-state index contributed by atoms with van der Waals surface area (Å²) in [7, 11) is 1.32. The molecule has 1 atom stereocenters. The summed E-state index contributed by atoms with van der Waals surface area (Å²) >= 11 is 0. The van der Waals surface area contributed by atoms with Crippen LogP contribution in [0, 0.1) is 0 Å². The van der Waals surface area contributed by atoms with E-state index in [4.69, 9.17) is 5.73 Å². The first kappa shape index (κ1) is 15.0. The molecule has 1 rings (SSSR count). The van der Waals surface area contributed by atoms with Crippen molar-refractivity contribution in [1.29, 1.82) is 0 Å². The van der Waals surface area contributed by atoms with E-state index >= 15 is 0 Å². The second kappa shape index (κ2) is 6.73. The Morgan fingerprint density at radius 3 is 2.44 bits per heavy atom. The highest BCUT2D eigenvalue weighted by Crippen LogP contribution is 2.28. The second-order valence-electron chi connectivity index (χ2n) is 5.15. The predicted molar refractivity (Wildman–Crippen MR) is 68.9 cm³/mol. The first-order valence-electron chi connectivity index (χ1n) is 6.67. The van der Waals surface area contributed by atoms with Crippen molar-refractivity contribution in [2.45, 2.75) is 63.5 Å². The highest BCUT2D eigenvalue weighted by molar-refractivity contribution is 5.84. The van der Waals surface area contributed by atoms with Crippen LogP contribution in [0.4, 0.5) is 0 Å². The number of hydrogen-bond donors (Lipinski definition) is 2. The summed E-state index contributed by atoms with van der Waals surface area (Å²) in [4.78, 5) is 23.3. The lowest BCUT2D eigenvalue weighted by Gasteiger charge is -2.33. The van der Waals surface area contributed by atoms with Crippen molar-refractivity contribution >= 4 is 11.9 Å². The smallest absolute Gasteiger partial charge is 0.328 e. The van der Waals surface area contributed by atoms with Gasteiger partial charge in [-0.15, -0.1) is 0 Å². The summed E-state index contributed by atoms with van der Waals surface area (Å²) in [5.41, 5.74) is 5.82. The van der Waals surface area contributed by atoms with E-state index in [0.29, 0.717) is 12.8 Å². The first-order chi connectivity index (χ1) is 8.50. The lowest BCUT2D eigenvalue weighted by atomic mass is 9.80. The van der Waals surface area contributed by atoms with Gasteiger partial charge in [0.05, 0.1) is 7.11 Å². The zero-order valence-electron chi connectivity index (χ0n) is 11.3. The maximum atomic E-state index is 11.9. The topological polar surface area (TPSA) is 81.4 Å². The molecule has 1 unspecified atom stereocenters. The van der Waals surface area contributed by atoms with Gasteiger partial charge in [-0.25, -0.2) is 4.79 Å². The Hall–Kier alpha value is -1.10. The van der Waals surface area contributed by atoms with Crippen molar-refractivity contribution in [3.8, 4) is 0 Å². The fourth-order valence-electron chi connectivity index (χ4n) is 2.47. The summed E-state index contributed by atoms with van der Waals surface area (Å²) < 4.78 is 4.63. The van der Waals surface area contributed by atoms with Crippen LogP contribution in [0.2, 0.25) is 0 Å². The molecule has 0 aromatic heterocycles. The molecule has 1 amide bonds. The molecule has 1 aliphatic rings. The Balaban J connectivity index is 2.46. The van der Waals surface area contributed by atoms with E-state index in [9.17, 15) is 9.59 Å². The van der Waals surface area contributed by atoms with Crippen LogP contribution in [-0.4, -0.2) is 30.6 Å². The fourth-order valence-corrected chi connectivity index (χ4v) is 2.47. The molecule has 0 aliphatic heterocycles. The Kier molecular flexibility index (Phi) is 5.59. The lowest BCUT2D eigenvalue weighted by molar-refractivity contribution is -0.145. The molecule has 5 nitrogen and oxygen atoms in total. The molecular weight excluding hydrogens is 232 g/mol.